The molecule has 0 atom stereocenters. The second kappa shape index (κ2) is 4.53. The summed E-state index contributed by atoms with van der Waals surface area (Å²) < 4.78 is 5.51. The lowest BCUT2D eigenvalue weighted by atomic mass is 10.0. The van der Waals surface area contributed by atoms with Crippen molar-refractivity contribution in [2.75, 3.05) is 19.0 Å². The van der Waals surface area contributed by atoms with Gasteiger partial charge in [0, 0.05) is 6.54 Å². The summed E-state index contributed by atoms with van der Waals surface area (Å²) in [5.41, 5.74) is 4.45. The molecule has 3 nitrogen and oxygen atoms in total. The Labute approximate surface area is 109 Å². The molecule has 0 bridgehead atoms. The first-order valence-electron chi connectivity index (χ1n) is 6.33. The van der Waals surface area contributed by atoms with Gasteiger partial charge in [-0.15, -0.1) is 0 Å². The Morgan fingerprint density at radius 3 is 2.50 bits per heavy atom. The Bertz CT molecular complexity index is 510. The van der Waals surface area contributed by atoms with Gasteiger partial charge in [-0.05, 0) is 50.3 Å². The third kappa shape index (κ3) is 2.15. The van der Waals surface area contributed by atoms with E-state index in [1.807, 2.05) is 0 Å². The molecule has 3 heteroatoms. The van der Waals surface area contributed by atoms with Crippen LogP contribution in [0, 0.1) is 37.5 Å². The Hall–Kier alpha value is -1.69. The molecule has 0 radical (unpaired) electrons. The van der Waals surface area contributed by atoms with Gasteiger partial charge in [0.05, 0.1) is 24.3 Å². The van der Waals surface area contributed by atoms with Crippen molar-refractivity contribution in [3.8, 4) is 11.8 Å². The predicted molar refractivity (Wildman–Crippen MR) is 73.0 cm³/mol. The number of ether oxygens (including phenoxy) is 1. The van der Waals surface area contributed by atoms with Crippen molar-refractivity contribution >= 4 is 5.69 Å². The second-order valence-electron chi connectivity index (χ2n) is 5.29. The molecule has 2 rings (SSSR count). The van der Waals surface area contributed by atoms with E-state index in [4.69, 9.17) is 10.00 Å². The Morgan fingerprint density at radius 2 is 2.00 bits per heavy atom. The minimum atomic E-state index is -0.143. The molecule has 1 aliphatic rings. The number of aryl methyl sites for hydroxylation is 2. The quantitative estimate of drug-likeness (QED) is 0.883. The van der Waals surface area contributed by atoms with Gasteiger partial charge in [0.15, 0.2) is 0 Å². The molecule has 0 unspecified atom stereocenters. The highest BCUT2D eigenvalue weighted by molar-refractivity contribution is 5.66. The molecular weight excluding hydrogens is 224 g/mol. The number of hydrogen-bond acceptors (Lipinski definition) is 3. The fourth-order valence-electron chi connectivity index (χ4n) is 2.26. The number of nitriles is 1. The molecule has 0 aromatic heterocycles. The average Bonchev–Trinajstić information content (AvgIpc) is 3.12. The van der Waals surface area contributed by atoms with Gasteiger partial charge < -0.3 is 10.1 Å². The highest BCUT2D eigenvalue weighted by atomic mass is 16.5. The Kier molecular flexibility index (Phi) is 3.21. The summed E-state index contributed by atoms with van der Waals surface area (Å²) in [5.74, 6) is 0.904. The molecule has 1 fully saturated rings. The zero-order chi connectivity index (χ0) is 13.3. The smallest absolute Gasteiger partial charge is 0.145 e. The van der Waals surface area contributed by atoms with Crippen LogP contribution in [0.25, 0.3) is 0 Å². The number of nitrogens with one attached hydrogen (secondary N) is 1. The molecule has 0 spiro atoms. The van der Waals surface area contributed by atoms with E-state index < -0.39 is 0 Å². The zero-order valence-corrected chi connectivity index (χ0v) is 11.6. The molecule has 1 aromatic rings. The lowest BCUT2D eigenvalue weighted by Crippen LogP contribution is -2.15. The Balaban J connectivity index is 2.27. The van der Waals surface area contributed by atoms with E-state index >= 15 is 0 Å². The summed E-state index contributed by atoms with van der Waals surface area (Å²) in [4.78, 5) is 0. The van der Waals surface area contributed by atoms with E-state index in [0.29, 0.717) is 6.54 Å². The van der Waals surface area contributed by atoms with Crippen molar-refractivity contribution in [2.24, 2.45) is 5.41 Å². The van der Waals surface area contributed by atoms with Gasteiger partial charge in [0.25, 0.3) is 0 Å². The largest absolute Gasteiger partial charge is 0.494 e. The molecule has 96 valence electrons. The number of hydrogen-bond donors (Lipinski definition) is 1. The zero-order valence-electron chi connectivity index (χ0n) is 11.6. The van der Waals surface area contributed by atoms with Gasteiger partial charge in [-0.2, -0.15) is 5.26 Å². The van der Waals surface area contributed by atoms with Crippen LogP contribution in [0.1, 0.15) is 29.5 Å². The summed E-state index contributed by atoms with van der Waals surface area (Å²) in [7, 11) is 1.70. The molecule has 0 aliphatic heterocycles. The van der Waals surface area contributed by atoms with E-state index in [2.05, 4.69) is 38.2 Å². The Morgan fingerprint density at radius 1 is 1.33 bits per heavy atom. The number of nitrogens with zero attached hydrogens (tertiary/aromatic N) is 1. The fraction of sp³-hybridized carbons (Fsp3) is 0.533. The molecule has 1 aromatic carbocycles. The van der Waals surface area contributed by atoms with Crippen molar-refractivity contribution in [3.63, 3.8) is 0 Å². The fourth-order valence-corrected chi connectivity index (χ4v) is 2.26. The van der Waals surface area contributed by atoms with Gasteiger partial charge >= 0.3 is 0 Å². The SMILES string of the molecule is COc1c(C)c(C)cc(C)c1NCC1(C#N)CC1. The first-order chi connectivity index (χ1) is 8.53. The first kappa shape index (κ1) is 12.8. The van der Waals surface area contributed by atoms with Gasteiger partial charge in [-0.1, -0.05) is 6.07 Å². The van der Waals surface area contributed by atoms with Crippen molar-refractivity contribution < 1.29 is 4.74 Å². The molecule has 0 heterocycles. The molecular formula is C15H20N2O. The lowest BCUT2D eigenvalue weighted by molar-refractivity contribution is 0.412. The maximum atomic E-state index is 9.11. The van der Waals surface area contributed by atoms with Gasteiger partial charge in [0.2, 0.25) is 0 Å². The number of rotatable bonds is 4. The van der Waals surface area contributed by atoms with Gasteiger partial charge in [-0.3, -0.25) is 0 Å². The number of benzene rings is 1. The van der Waals surface area contributed by atoms with Crippen LogP contribution < -0.4 is 10.1 Å². The molecule has 1 aliphatic carbocycles. The van der Waals surface area contributed by atoms with Crippen molar-refractivity contribution in [2.45, 2.75) is 33.6 Å². The molecule has 0 saturated heterocycles. The predicted octanol–water partition coefficient (Wildman–Crippen LogP) is 3.34. The minimum absolute atomic E-state index is 0.143. The van der Waals surface area contributed by atoms with Crippen LogP contribution in [0.5, 0.6) is 5.75 Å². The van der Waals surface area contributed by atoms with Crippen molar-refractivity contribution in [1.82, 2.24) is 0 Å². The molecule has 1 saturated carbocycles. The van der Waals surface area contributed by atoms with Crippen LogP contribution >= 0.6 is 0 Å². The summed E-state index contributed by atoms with van der Waals surface area (Å²) >= 11 is 0. The third-order valence-electron chi connectivity index (χ3n) is 3.88. The number of anilines is 1. The third-order valence-corrected chi connectivity index (χ3v) is 3.88. The number of methoxy groups -OCH3 is 1. The van der Waals surface area contributed by atoms with Gasteiger partial charge in [0.1, 0.15) is 5.75 Å². The lowest BCUT2D eigenvalue weighted by Gasteiger charge is -2.19. The van der Waals surface area contributed by atoms with E-state index in [1.165, 1.54) is 11.1 Å². The maximum Gasteiger partial charge on any atom is 0.145 e. The molecule has 0 amide bonds. The highest BCUT2D eigenvalue weighted by Crippen LogP contribution is 2.45. The normalized spacial score (nSPS) is 15.9. The van der Waals surface area contributed by atoms with E-state index in [0.717, 1.165) is 29.8 Å². The summed E-state index contributed by atoms with van der Waals surface area (Å²) in [6.07, 6.45) is 2.01. The summed E-state index contributed by atoms with van der Waals surface area (Å²) in [6, 6.07) is 4.56. The van der Waals surface area contributed by atoms with Crippen LogP contribution in [-0.4, -0.2) is 13.7 Å². The van der Waals surface area contributed by atoms with Crippen LogP contribution in [0.3, 0.4) is 0 Å². The van der Waals surface area contributed by atoms with Crippen LogP contribution in [-0.2, 0) is 0 Å². The standard InChI is InChI=1S/C15H20N2O/c1-10-7-11(2)13(14(18-4)12(10)3)17-9-15(8-16)5-6-15/h7,17H,5-6,9H2,1-4H3. The minimum Gasteiger partial charge on any atom is -0.494 e. The van der Waals surface area contributed by atoms with Crippen LogP contribution in [0.4, 0.5) is 5.69 Å². The first-order valence-corrected chi connectivity index (χ1v) is 6.33. The van der Waals surface area contributed by atoms with E-state index in [1.54, 1.807) is 7.11 Å². The summed E-state index contributed by atoms with van der Waals surface area (Å²) in [6.45, 7) is 6.94. The van der Waals surface area contributed by atoms with E-state index in [-0.39, 0.29) is 5.41 Å². The van der Waals surface area contributed by atoms with E-state index in [9.17, 15) is 0 Å². The average molecular weight is 244 g/mol. The van der Waals surface area contributed by atoms with Gasteiger partial charge in [-0.25, -0.2) is 0 Å². The van der Waals surface area contributed by atoms with Crippen molar-refractivity contribution in [1.29, 1.82) is 5.26 Å². The highest BCUT2D eigenvalue weighted by Gasteiger charge is 2.43. The summed E-state index contributed by atoms with van der Waals surface area (Å²) in [5, 5.41) is 12.5. The van der Waals surface area contributed by atoms with Crippen LogP contribution in [0.15, 0.2) is 6.07 Å². The monoisotopic (exact) mass is 244 g/mol. The second-order valence-corrected chi connectivity index (χ2v) is 5.29. The van der Waals surface area contributed by atoms with Crippen molar-refractivity contribution in [3.05, 3.63) is 22.8 Å². The molecule has 18 heavy (non-hydrogen) atoms. The molecule has 1 N–H and O–H groups in total. The topological polar surface area (TPSA) is 45.0 Å². The maximum absolute atomic E-state index is 9.11. The van der Waals surface area contributed by atoms with Crippen LogP contribution in [0.2, 0.25) is 0 Å².